The van der Waals surface area contributed by atoms with E-state index >= 15 is 0 Å². The second-order valence-electron chi connectivity index (χ2n) is 4.61. The molecule has 1 rings (SSSR count). The Morgan fingerprint density at radius 3 is 2.53 bits per heavy atom. The molecule has 0 amide bonds. The van der Waals surface area contributed by atoms with Crippen LogP contribution in [0.2, 0.25) is 0 Å². The highest BCUT2D eigenvalue weighted by Gasteiger charge is 2.27. The van der Waals surface area contributed by atoms with E-state index < -0.39 is 0 Å². The van der Waals surface area contributed by atoms with Crippen LogP contribution in [0.25, 0.3) is 0 Å². The maximum Gasteiger partial charge on any atom is 0.0820 e. The Bertz CT molecular complexity index is 322. The molecule has 2 unspecified atom stereocenters. The lowest BCUT2D eigenvalue weighted by Crippen LogP contribution is -2.37. The molecule has 0 aliphatic heterocycles. The molecule has 1 heterocycles. The average Bonchev–Trinajstić information content (AvgIpc) is 2.69. The molecule has 0 fully saturated rings. The van der Waals surface area contributed by atoms with Gasteiger partial charge < -0.3 is 10.1 Å². The SMILES string of the molecule is CCNC(c1ccn(C)n1)C(OCC)C(C)C. The summed E-state index contributed by atoms with van der Waals surface area (Å²) < 4.78 is 7.71. The Labute approximate surface area is 104 Å². The predicted molar refractivity (Wildman–Crippen MR) is 69.9 cm³/mol. The zero-order valence-corrected chi connectivity index (χ0v) is 11.6. The molecular weight excluding hydrogens is 214 g/mol. The number of nitrogens with zero attached hydrogens (tertiary/aromatic N) is 2. The van der Waals surface area contributed by atoms with Crippen molar-refractivity contribution in [3.05, 3.63) is 18.0 Å². The van der Waals surface area contributed by atoms with Gasteiger partial charge in [-0.25, -0.2) is 0 Å². The van der Waals surface area contributed by atoms with Crippen molar-refractivity contribution < 1.29 is 4.74 Å². The minimum Gasteiger partial charge on any atom is -0.376 e. The molecule has 4 heteroatoms. The van der Waals surface area contributed by atoms with Crippen LogP contribution in [0.5, 0.6) is 0 Å². The fraction of sp³-hybridized carbons (Fsp3) is 0.769. The average molecular weight is 239 g/mol. The number of ether oxygens (including phenoxy) is 1. The Hall–Kier alpha value is -0.870. The van der Waals surface area contributed by atoms with E-state index in [-0.39, 0.29) is 12.1 Å². The molecule has 0 saturated heterocycles. The van der Waals surface area contributed by atoms with Crippen molar-refractivity contribution in [3.63, 3.8) is 0 Å². The molecule has 0 saturated carbocycles. The van der Waals surface area contributed by atoms with Crippen molar-refractivity contribution in [1.29, 1.82) is 0 Å². The van der Waals surface area contributed by atoms with Gasteiger partial charge in [-0.3, -0.25) is 4.68 Å². The highest BCUT2D eigenvalue weighted by atomic mass is 16.5. The van der Waals surface area contributed by atoms with E-state index in [0.29, 0.717) is 5.92 Å². The van der Waals surface area contributed by atoms with E-state index in [1.54, 1.807) is 0 Å². The number of aromatic nitrogens is 2. The van der Waals surface area contributed by atoms with Gasteiger partial charge in [-0.05, 0) is 25.5 Å². The van der Waals surface area contributed by atoms with E-state index in [0.717, 1.165) is 18.8 Å². The summed E-state index contributed by atoms with van der Waals surface area (Å²) in [5.41, 5.74) is 1.06. The van der Waals surface area contributed by atoms with Crippen LogP contribution in [-0.4, -0.2) is 29.0 Å². The Morgan fingerprint density at radius 2 is 2.12 bits per heavy atom. The fourth-order valence-electron chi connectivity index (χ4n) is 2.07. The van der Waals surface area contributed by atoms with Gasteiger partial charge in [-0.15, -0.1) is 0 Å². The van der Waals surface area contributed by atoms with Gasteiger partial charge in [0.05, 0.1) is 17.8 Å². The van der Waals surface area contributed by atoms with Crippen LogP contribution in [0.4, 0.5) is 0 Å². The van der Waals surface area contributed by atoms with Crippen molar-refractivity contribution in [2.75, 3.05) is 13.2 Å². The molecule has 0 radical (unpaired) electrons. The summed E-state index contributed by atoms with van der Waals surface area (Å²) in [6.07, 6.45) is 2.14. The number of hydrogen-bond acceptors (Lipinski definition) is 3. The molecule has 98 valence electrons. The van der Waals surface area contributed by atoms with Gasteiger partial charge in [0.25, 0.3) is 0 Å². The highest BCUT2D eigenvalue weighted by molar-refractivity contribution is 5.08. The number of rotatable bonds is 7. The van der Waals surface area contributed by atoms with Gasteiger partial charge in [-0.2, -0.15) is 5.10 Å². The van der Waals surface area contributed by atoms with E-state index in [1.807, 2.05) is 24.9 Å². The van der Waals surface area contributed by atoms with E-state index in [1.165, 1.54) is 0 Å². The molecule has 1 N–H and O–H groups in total. The first-order chi connectivity index (χ1) is 8.10. The lowest BCUT2D eigenvalue weighted by molar-refractivity contribution is 0.00207. The maximum absolute atomic E-state index is 5.87. The van der Waals surface area contributed by atoms with Crippen molar-refractivity contribution in [2.45, 2.75) is 39.8 Å². The number of nitrogens with one attached hydrogen (secondary N) is 1. The van der Waals surface area contributed by atoms with Crippen molar-refractivity contribution in [1.82, 2.24) is 15.1 Å². The molecule has 2 atom stereocenters. The summed E-state index contributed by atoms with van der Waals surface area (Å²) in [6.45, 7) is 10.2. The van der Waals surface area contributed by atoms with E-state index in [2.05, 4.69) is 37.3 Å². The van der Waals surface area contributed by atoms with Gasteiger partial charge in [-0.1, -0.05) is 20.8 Å². The third-order valence-corrected chi connectivity index (χ3v) is 2.82. The summed E-state index contributed by atoms with van der Waals surface area (Å²) in [5.74, 6) is 0.459. The van der Waals surface area contributed by atoms with Crippen LogP contribution in [0.3, 0.4) is 0 Å². The first-order valence-corrected chi connectivity index (χ1v) is 6.44. The molecule has 0 spiro atoms. The maximum atomic E-state index is 5.87. The first kappa shape index (κ1) is 14.2. The molecular formula is C13H25N3O. The van der Waals surface area contributed by atoms with Crippen LogP contribution in [0, 0.1) is 5.92 Å². The summed E-state index contributed by atoms with van der Waals surface area (Å²) in [6, 6.07) is 2.22. The topological polar surface area (TPSA) is 39.1 Å². The molecule has 0 aliphatic carbocycles. The summed E-state index contributed by atoms with van der Waals surface area (Å²) >= 11 is 0. The Kier molecular flexibility index (Phi) is 5.65. The standard InChI is InChI=1S/C13H25N3O/c1-6-14-12(11-8-9-16(5)15-11)13(10(3)4)17-7-2/h8-10,12-14H,6-7H2,1-5H3. The second-order valence-corrected chi connectivity index (χ2v) is 4.61. The van der Waals surface area contributed by atoms with Crippen LogP contribution in [0.1, 0.15) is 39.4 Å². The monoisotopic (exact) mass is 239 g/mol. The zero-order valence-electron chi connectivity index (χ0n) is 11.6. The highest BCUT2D eigenvalue weighted by Crippen LogP contribution is 2.23. The Balaban J connectivity index is 2.89. The van der Waals surface area contributed by atoms with Gasteiger partial charge in [0.1, 0.15) is 0 Å². The summed E-state index contributed by atoms with van der Waals surface area (Å²) in [5, 5.41) is 7.97. The van der Waals surface area contributed by atoms with Crippen molar-refractivity contribution in [2.24, 2.45) is 13.0 Å². The van der Waals surface area contributed by atoms with Crippen LogP contribution in [0.15, 0.2) is 12.3 Å². The Morgan fingerprint density at radius 1 is 1.41 bits per heavy atom. The van der Waals surface area contributed by atoms with E-state index in [4.69, 9.17) is 4.74 Å². The van der Waals surface area contributed by atoms with Gasteiger partial charge in [0.2, 0.25) is 0 Å². The molecule has 0 aromatic carbocycles. The molecule has 17 heavy (non-hydrogen) atoms. The zero-order chi connectivity index (χ0) is 12.8. The van der Waals surface area contributed by atoms with Gasteiger partial charge >= 0.3 is 0 Å². The summed E-state index contributed by atoms with van der Waals surface area (Å²) in [4.78, 5) is 0. The lowest BCUT2D eigenvalue weighted by atomic mass is 9.97. The molecule has 0 bridgehead atoms. The third-order valence-electron chi connectivity index (χ3n) is 2.82. The normalized spacial score (nSPS) is 15.2. The molecule has 1 aromatic rings. The minimum atomic E-state index is 0.162. The molecule has 4 nitrogen and oxygen atoms in total. The second kappa shape index (κ2) is 6.77. The van der Waals surface area contributed by atoms with Crippen LogP contribution in [-0.2, 0) is 11.8 Å². The fourth-order valence-corrected chi connectivity index (χ4v) is 2.07. The van der Waals surface area contributed by atoms with E-state index in [9.17, 15) is 0 Å². The van der Waals surface area contributed by atoms with Gasteiger partial charge in [0, 0.05) is 19.9 Å². The lowest BCUT2D eigenvalue weighted by Gasteiger charge is -2.29. The largest absolute Gasteiger partial charge is 0.376 e. The number of aryl methyl sites for hydroxylation is 1. The van der Waals surface area contributed by atoms with Gasteiger partial charge in [0.15, 0.2) is 0 Å². The van der Waals surface area contributed by atoms with Crippen LogP contribution >= 0.6 is 0 Å². The number of hydrogen-bond donors (Lipinski definition) is 1. The molecule has 1 aromatic heterocycles. The third kappa shape index (κ3) is 3.82. The predicted octanol–water partition coefficient (Wildman–Crippen LogP) is 2.13. The van der Waals surface area contributed by atoms with Crippen molar-refractivity contribution >= 4 is 0 Å². The quantitative estimate of drug-likeness (QED) is 0.792. The number of likely N-dealkylation sites (N-methyl/N-ethyl adjacent to an activating group) is 1. The van der Waals surface area contributed by atoms with Crippen molar-refractivity contribution in [3.8, 4) is 0 Å². The van der Waals surface area contributed by atoms with Crippen LogP contribution < -0.4 is 5.32 Å². The first-order valence-electron chi connectivity index (χ1n) is 6.44. The summed E-state index contributed by atoms with van der Waals surface area (Å²) in [7, 11) is 1.94. The minimum absolute atomic E-state index is 0.162. The molecule has 0 aliphatic rings. The smallest absolute Gasteiger partial charge is 0.0820 e.